The van der Waals surface area contributed by atoms with E-state index < -0.39 is 5.97 Å². The molecule has 4 nitrogen and oxygen atoms in total. The number of aromatic carboxylic acids is 1. The Labute approximate surface area is 156 Å². The third-order valence-corrected chi connectivity index (χ3v) is 4.74. The molecule has 1 aliphatic rings. The third kappa shape index (κ3) is 6.17. The van der Waals surface area contributed by atoms with E-state index in [9.17, 15) is 9.59 Å². The summed E-state index contributed by atoms with van der Waals surface area (Å²) in [7, 11) is 0. The molecule has 1 aromatic rings. The predicted molar refractivity (Wildman–Crippen MR) is 104 cm³/mol. The van der Waals surface area contributed by atoms with Gasteiger partial charge in [0.2, 0.25) is 5.91 Å². The molecular formula is C22H29NO3. The zero-order valence-electron chi connectivity index (χ0n) is 15.6. The summed E-state index contributed by atoms with van der Waals surface area (Å²) >= 11 is 0. The largest absolute Gasteiger partial charge is 0.478 e. The number of benzene rings is 1. The van der Waals surface area contributed by atoms with Crippen molar-refractivity contribution in [3.63, 3.8) is 0 Å². The lowest BCUT2D eigenvalue weighted by molar-refractivity contribution is -0.128. The predicted octanol–water partition coefficient (Wildman–Crippen LogP) is 4.61. The first-order valence-electron chi connectivity index (χ1n) is 9.57. The molecular weight excluding hydrogens is 326 g/mol. The molecule has 26 heavy (non-hydrogen) atoms. The van der Waals surface area contributed by atoms with Crippen LogP contribution < -0.4 is 0 Å². The number of allylic oxidation sites excluding steroid dienone is 3. The van der Waals surface area contributed by atoms with Crippen LogP contribution in [0.4, 0.5) is 0 Å². The highest BCUT2D eigenvalue weighted by molar-refractivity contribution is 5.87. The van der Waals surface area contributed by atoms with Gasteiger partial charge in [0, 0.05) is 13.0 Å². The molecule has 1 fully saturated rings. The van der Waals surface area contributed by atoms with E-state index in [2.05, 4.69) is 31.2 Å². The lowest BCUT2D eigenvalue weighted by Gasteiger charge is -2.22. The summed E-state index contributed by atoms with van der Waals surface area (Å²) in [6, 6.07) is 7.18. The molecule has 0 aromatic heterocycles. The number of amides is 1. The average molecular weight is 355 g/mol. The number of carboxylic acid groups (broad SMARTS) is 1. The van der Waals surface area contributed by atoms with Gasteiger partial charge in [0.25, 0.3) is 0 Å². The van der Waals surface area contributed by atoms with Crippen LogP contribution in [0.15, 0.2) is 48.6 Å². The number of hydrogen-bond donors (Lipinski definition) is 1. The minimum Gasteiger partial charge on any atom is -0.478 e. The molecule has 1 aromatic carbocycles. The number of carbonyl (C=O) groups excluding carboxylic acids is 1. The van der Waals surface area contributed by atoms with E-state index in [1.165, 1.54) is 12.8 Å². The van der Waals surface area contributed by atoms with E-state index in [0.29, 0.717) is 12.0 Å². The van der Waals surface area contributed by atoms with Crippen LogP contribution in [0.5, 0.6) is 0 Å². The normalized spacial score (nSPS) is 17.7. The fourth-order valence-electron chi connectivity index (χ4n) is 3.20. The van der Waals surface area contributed by atoms with Gasteiger partial charge in [-0.05, 0) is 43.4 Å². The molecule has 140 valence electrons. The Bertz CT molecular complexity index is 646. The van der Waals surface area contributed by atoms with Crippen molar-refractivity contribution in [1.29, 1.82) is 0 Å². The van der Waals surface area contributed by atoms with Crippen molar-refractivity contribution in [2.24, 2.45) is 0 Å². The second-order valence-corrected chi connectivity index (χ2v) is 6.75. The van der Waals surface area contributed by atoms with Crippen molar-refractivity contribution in [3.8, 4) is 0 Å². The van der Waals surface area contributed by atoms with Gasteiger partial charge in [0.15, 0.2) is 0 Å². The lowest BCUT2D eigenvalue weighted by atomic mass is 10.1. The molecule has 0 radical (unpaired) electrons. The van der Waals surface area contributed by atoms with Crippen molar-refractivity contribution >= 4 is 11.9 Å². The third-order valence-electron chi connectivity index (χ3n) is 4.74. The van der Waals surface area contributed by atoms with Crippen LogP contribution >= 0.6 is 0 Å². The number of aryl methyl sites for hydroxylation is 1. The van der Waals surface area contributed by atoms with Crippen LogP contribution in [0.1, 0.15) is 61.4 Å². The fraction of sp³-hybridized carbons (Fsp3) is 0.455. The van der Waals surface area contributed by atoms with E-state index in [0.717, 1.165) is 37.8 Å². The molecule has 1 amide bonds. The summed E-state index contributed by atoms with van der Waals surface area (Å²) in [4.78, 5) is 25.0. The molecule has 0 unspecified atom stereocenters. The average Bonchev–Trinajstić information content (AvgIpc) is 2.98. The summed E-state index contributed by atoms with van der Waals surface area (Å²) in [5, 5.41) is 8.93. The van der Waals surface area contributed by atoms with Gasteiger partial charge in [-0.3, -0.25) is 4.79 Å². The molecule has 1 aliphatic heterocycles. The molecule has 4 heteroatoms. The topological polar surface area (TPSA) is 57.6 Å². The Morgan fingerprint density at radius 2 is 2.00 bits per heavy atom. The molecule has 0 bridgehead atoms. The van der Waals surface area contributed by atoms with Crippen molar-refractivity contribution < 1.29 is 14.7 Å². The maximum absolute atomic E-state index is 12.1. The van der Waals surface area contributed by atoms with Crippen LogP contribution in [-0.4, -0.2) is 34.5 Å². The second-order valence-electron chi connectivity index (χ2n) is 6.75. The SMILES string of the molecule is CCCC/C=C/C=C/[C@H]1CCC(=O)N1CCCc1ccc(C(=O)O)cc1. The highest BCUT2D eigenvalue weighted by Gasteiger charge is 2.28. The highest BCUT2D eigenvalue weighted by Crippen LogP contribution is 2.20. The molecule has 1 saturated heterocycles. The number of hydrogen-bond acceptors (Lipinski definition) is 2. The van der Waals surface area contributed by atoms with Crippen molar-refractivity contribution in [2.75, 3.05) is 6.54 Å². The zero-order valence-corrected chi connectivity index (χ0v) is 15.6. The smallest absolute Gasteiger partial charge is 0.335 e. The van der Waals surface area contributed by atoms with Crippen molar-refractivity contribution in [3.05, 3.63) is 59.7 Å². The first-order valence-corrected chi connectivity index (χ1v) is 9.57. The van der Waals surface area contributed by atoms with Crippen LogP contribution in [-0.2, 0) is 11.2 Å². The van der Waals surface area contributed by atoms with E-state index in [1.807, 2.05) is 17.0 Å². The van der Waals surface area contributed by atoms with Gasteiger partial charge in [-0.15, -0.1) is 0 Å². The maximum atomic E-state index is 12.1. The zero-order chi connectivity index (χ0) is 18.8. The molecule has 1 N–H and O–H groups in total. The Hall–Kier alpha value is -2.36. The molecule has 0 aliphatic carbocycles. The number of carbonyl (C=O) groups is 2. The summed E-state index contributed by atoms with van der Waals surface area (Å²) in [5.41, 5.74) is 1.41. The van der Waals surface area contributed by atoms with Gasteiger partial charge in [0.1, 0.15) is 0 Å². The quantitative estimate of drug-likeness (QED) is 0.492. The van der Waals surface area contributed by atoms with Gasteiger partial charge in [-0.25, -0.2) is 4.79 Å². The van der Waals surface area contributed by atoms with E-state index in [4.69, 9.17) is 5.11 Å². The van der Waals surface area contributed by atoms with E-state index in [1.54, 1.807) is 12.1 Å². The maximum Gasteiger partial charge on any atom is 0.335 e. The second kappa shape index (κ2) is 10.6. The summed E-state index contributed by atoms with van der Waals surface area (Å²) in [6.07, 6.45) is 15.2. The highest BCUT2D eigenvalue weighted by atomic mass is 16.4. The standard InChI is InChI=1S/C22H29NO3/c1-2-3-4-5-6-7-10-20-15-16-21(24)23(20)17-8-9-18-11-13-19(14-12-18)22(25)26/h5-7,10-14,20H,2-4,8-9,15-17H2,1H3,(H,25,26)/b6-5+,10-7+/t20-/m0/s1. The summed E-state index contributed by atoms with van der Waals surface area (Å²) < 4.78 is 0. The van der Waals surface area contributed by atoms with Crippen LogP contribution in [0, 0.1) is 0 Å². The lowest BCUT2D eigenvalue weighted by Crippen LogP contribution is -2.32. The van der Waals surface area contributed by atoms with Gasteiger partial charge >= 0.3 is 5.97 Å². The summed E-state index contributed by atoms with van der Waals surface area (Å²) in [6.45, 7) is 2.93. The Morgan fingerprint density at radius 3 is 2.69 bits per heavy atom. The van der Waals surface area contributed by atoms with Gasteiger partial charge in [-0.2, -0.15) is 0 Å². The van der Waals surface area contributed by atoms with Crippen LogP contribution in [0.3, 0.4) is 0 Å². The number of nitrogens with zero attached hydrogens (tertiary/aromatic N) is 1. The van der Waals surface area contributed by atoms with E-state index >= 15 is 0 Å². The number of likely N-dealkylation sites (tertiary alicyclic amines) is 1. The van der Waals surface area contributed by atoms with E-state index in [-0.39, 0.29) is 11.9 Å². The molecule has 2 rings (SSSR count). The van der Waals surface area contributed by atoms with Gasteiger partial charge in [0.05, 0.1) is 11.6 Å². The molecule has 1 atom stereocenters. The molecule has 0 saturated carbocycles. The molecule has 0 spiro atoms. The monoisotopic (exact) mass is 355 g/mol. The number of unbranched alkanes of at least 4 members (excludes halogenated alkanes) is 2. The Morgan fingerprint density at radius 1 is 1.23 bits per heavy atom. The van der Waals surface area contributed by atoms with Crippen LogP contribution in [0.2, 0.25) is 0 Å². The first-order chi connectivity index (χ1) is 12.6. The Kier molecular flexibility index (Phi) is 8.13. The number of carboxylic acids is 1. The minimum atomic E-state index is -0.905. The fourth-order valence-corrected chi connectivity index (χ4v) is 3.20. The van der Waals surface area contributed by atoms with Gasteiger partial charge < -0.3 is 10.0 Å². The summed E-state index contributed by atoms with van der Waals surface area (Å²) in [5.74, 6) is -0.673. The Balaban J connectivity index is 1.80. The minimum absolute atomic E-state index is 0.202. The van der Waals surface area contributed by atoms with Crippen molar-refractivity contribution in [1.82, 2.24) is 4.90 Å². The van der Waals surface area contributed by atoms with Gasteiger partial charge in [-0.1, -0.05) is 56.2 Å². The number of rotatable bonds is 10. The first kappa shape index (κ1) is 20.0. The molecule has 1 heterocycles. The van der Waals surface area contributed by atoms with Crippen LogP contribution in [0.25, 0.3) is 0 Å². The van der Waals surface area contributed by atoms with Crippen molar-refractivity contribution in [2.45, 2.75) is 57.9 Å².